The zero-order valence-electron chi connectivity index (χ0n) is 24.0. The Morgan fingerprint density at radius 3 is 2.62 bits per heavy atom. The van der Waals surface area contributed by atoms with Gasteiger partial charge in [-0.05, 0) is 44.9 Å². The maximum atomic E-state index is 15.4. The maximum absolute atomic E-state index is 15.4. The van der Waals surface area contributed by atoms with Gasteiger partial charge < -0.3 is 23.9 Å². The summed E-state index contributed by atoms with van der Waals surface area (Å²) < 4.78 is 32.9. The van der Waals surface area contributed by atoms with Crippen molar-refractivity contribution >= 4 is 28.7 Å². The highest BCUT2D eigenvalue weighted by molar-refractivity contribution is 5.94. The molecule has 1 amide bonds. The molecule has 222 valence electrons. The molecular weight excluding hydrogens is 547 g/mol. The van der Waals surface area contributed by atoms with E-state index in [0.29, 0.717) is 55.1 Å². The molecule has 1 atom stereocenters. The van der Waals surface area contributed by atoms with E-state index in [2.05, 4.69) is 10.2 Å². The minimum Gasteiger partial charge on any atom is -0.458 e. The fourth-order valence-electron chi connectivity index (χ4n) is 5.86. The van der Waals surface area contributed by atoms with E-state index in [9.17, 15) is 19.5 Å². The molecule has 1 saturated heterocycles. The number of fused-ring (bicyclic) bond motifs is 5. The average molecular weight is 581 g/mol. The van der Waals surface area contributed by atoms with Gasteiger partial charge in [0.15, 0.2) is 5.60 Å². The maximum Gasteiger partial charge on any atom is 0.412 e. The molecule has 0 bridgehead atoms. The number of nitrogens with one attached hydrogen (secondary N) is 1. The zero-order chi connectivity index (χ0) is 30.0. The van der Waals surface area contributed by atoms with Crippen LogP contribution in [0, 0.1) is 5.82 Å². The van der Waals surface area contributed by atoms with E-state index >= 15 is 4.39 Å². The minimum absolute atomic E-state index is 0.0284. The number of rotatable bonds is 4. The van der Waals surface area contributed by atoms with Gasteiger partial charge in [-0.2, -0.15) is 0 Å². The number of cyclic esters (lactones) is 1. The Balaban J connectivity index is 1.53. The second-order valence-corrected chi connectivity index (χ2v) is 11.9. The molecule has 11 nitrogen and oxygen atoms in total. The fraction of sp³-hybridized carbons (Fsp3) is 0.467. The van der Waals surface area contributed by atoms with Gasteiger partial charge in [-0.3, -0.25) is 15.0 Å². The van der Waals surface area contributed by atoms with E-state index in [1.165, 1.54) is 6.07 Å². The minimum atomic E-state index is -1.95. The third kappa shape index (κ3) is 4.73. The molecule has 3 aromatic rings. The Morgan fingerprint density at radius 2 is 1.93 bits per heavy atom. The smallest absolute Gasteiger partial charge is 0.412 e. The van der Waals surface area contributed by atoms with Crippen LogP contribution in [0.4, 0.5) is 14.9 Å². The molecule has 0 spiro atoms. The molecule has 0 unspecified atom stereocenters. The Kier molecular flexibility index (Phi) is 6.82. The number of aliphatic hydroxyl groups is 1. The third-order valence-corrected chi connectivity index (χ3v) is 8.02. The first-order chi connectivity index (χ1) is 19.9. The largest absolute Gasteiger partial charge is 0.458 e. The van der Waals surface area contributed by atoms with Crippen LogP contribution in [0.5, 0.6) is 0 Å². The number of aromatic nitrogens is 2. The molecule has 5 heterocycles. The van der Waals surface area contributed by atoms with Crippen molar-refractivity contribution in [1.82, 2.24) is 14.5 Å². The monoisotopic (exact) mass is 580 g/mol. The second kappa shape index (κ2) is 10.1. The van der Waals surface area contributed by atoms with Crippen LogP contribution < -0.4 is 10.9 Å². The van der Waals surface area contributed by atoms with Crippen LogP contribution in [-0.2, 0) is 44.3 Å². The molecular formula is C30H33FN4O7. The highest BCUT2D eigenvalue weighted by Gasteiger charge is 2.45. The van der Waals surface area contributed by atoms with Gasteiger partial charge in [0.25, 0.3) is 5.56 Å². The number of ether oxygens (including phenoxy) is 3. The average Bonchev–Trinajstić information content (AvgIpc) is 3.30. The van der Waals surface area contributed by atoms with Gasteiger partial charge >= 0.3 is 12.1 Å². The highest BCUT2D eigenvalue weighted by Crippen LogP contribution is 2.41. The summed E-state index contributed by atoms with van der Waals surface area (Å²) in [5.74, 6) is -1.49. The number of morpholine rings is 1. The zero-order valence-corrected chi connectivity index (χ0v) is 24.0. The van der Waals surface area contributed by atoms with Crippen LogP contribution in [0.3, 0.4) is 0 Å². The summed E-state index contributed by atoms with van der Waals surface area (Å²) in [4.78, 5) is 45.7. The van der Waals surface area contributed by atoms with Gasteiger partial charge in [0, 0.05) is 42.2 Å². The number of carbonyl (C=O) groups excluding carboxylic acids is 2. The van der Waals surface area contributed by atoms with Crippen molar-refractivity contribution in [2.75, 3.05) is 31.6 Å². The summed E-state index contributed by atoms with van der Waals surface area (Å²) in [5.41, 5.74) is 0.174. The van der Waals surface area contributed by atoms with Gasteiger partial charge in [0.1, 0.15) is 18.0 Å². The number of esters is 1. The number of halogens is 1. The van der Waals surface area contributed by atoms with Crippen LogP contribution in [0.1, 0.15) is 56.4 Å². The molecule has 3 aliphatic heterocycles. The molecule has 1 fully saturated rings. The standard InChI is InChI=1S/C30H33FN4O7/c1-5-30(39)20-11-24-25-18(14-35(24)26(36)19(20)15-41-27(30)37)17(13-34-6-8-40-9-7-34)16-10-23(21(31)12-22(16)32-25)33-28(38)42-29(2,3)4/h10-12,39H,5-9,13-15H2,1-4H3,(H,33,38)/t30-/m0/s1. The molecule has 42 heavy (non-hydrogen) atoms. The molecule has 3 aliphatic rings. The molecule has 1 aromatic carbocycles. The molecule has 0 radical (unpaired) electrons. The van der Waals surface area contributed by atoms with Crippen molar-refractivity contribution in [2.24, 2.45) is 0 Å². The second-order valence-electron chi connectivity index (χ2n) is 11.9. The van der Waals surface area contributed by atoms with E-state index in [0.717, 1.165) is 11.1 Å². The summed E-state index contributed by atoms with van der Waals surface area (Å²) >= 11 is 0. The number of carbonyl (C=O) groups is 2. The van der Waals surface area contributed by atoms with Gasteiger partial charge in [-0.1, -0.05) is 6.92 Å². The van der Waals surface area contributed by atoms with Gasteiger partial charge in [-0.15, -0.1) is 0 Å². The lowest BCUT2D eigenvalue weighted by Gasteiger charge is -2.31. The lowest BCUT2D eigenvalue weighted by Crippen LogP contribution is -2.44. The predicted octanol–water partition coefficient (Wildman–Crippen LogP) is 3.40. The first-order valence-electron chi connectivity index (χ1n) is 14.0. The molecule has 2 aromatic heterocycles. The van der Waals surface area contributed by atoms with Crippen LogP contribution in [0.25, 0.3) is 22.3 Å². The Labute approximate surface area is 241 Å². The number of anilines is 1. The lowest BCUT2D eigenvalue weighted by molar-refractivity contribution is -0.172. The van der Waals surface area contributed by atoms with Crippen LogP contribution in [0.2, 0.25) is 0 Å². The quantitative estimate of drug-likeness (QED) is 0.349. The van der Waals surface area contributed by atoms with Crippen molar-refractivity contribution in [3.63, 3.8) is 0 Å². The van der Waals surface area contributed by atoms with Crippen molar-refractivity contribution < 1.29 is 33.3 Å². The van der Waals surface area contributed by atoms with Gasteiger partial charge in [0.05, 0.1) is 47.9 Å². The van der Waals surface area contributed by atoms with E-state index < -0.39 is 29.1 Å². The Hall–Kier alpha value is -3.87. The predicted molar refractivity (Wildman–Crippen MR) is 150 cm³/mol. The number of amides is 1. The van der Waals surface area contributed by atoms with Crippen molar-refractivity contribution in [3.8, 4) is 11.4 Å². The number of nitrogens with zero attached hydrogens (tertiary/aromatic N) is 3. The normalized spacial score (nSPS) is 20.1. The van der Waals surface area contributed by atoms with Crippen molar-refractivity contribution in [2.45, 2.75) is 65.0 Å². The van der Waals surface area contributed by atoms with E-state index in [-0.39, 0.29) is 41.9 Å². The van der Waals surface area contributed by atoms with Crippen molar-refractivity contribution in [3.05, 3.63) is 56.6 Å². The highest BCUT2D eigenvalue weighted by atomic mass is 19.1. The van der Waals surface area contributed by atoms with Gasteiger partial charge in [-0.25, -0.2) is 19.0 Å². The summed E-state index contributed by atoms with van der Waals surface area (Å²) in [6.45, 7) is 9.77. The van der Waals surface area contributed by atoms with Crippen LogP contribution in [0.15, 0.2) is 23.0 Å². The number of hydrogen-bond donors (Lipinski definition) is 2. The SMILES string of the molecule is CC[C@@]1(O)C(=O)OCc2c1cc1n(c2=O)Cc2c-1nc1cc(F)c(NC(=O)OC(C)(C)C)cc1c2CN1CCOCC1. The third-order valence-electron chi connectivity index (χ3n) is 8.02. The van der Waals surface area contributed by atoms with E-state index in [1.54, 1.807) is 44.4 Å². The van der Waals surface area contributed by atoms with E-state index in [1.807, 2.05) is 0 Å². The molecule has 2 N–H and O–H groups in total. The summed E-state index contributed by atoms with van der Waals surface area (Å²) in [6.07, 6.45) is -0.755. The summed E-state index contributed by atoms with van der Waals surface area (Å²) in [5, 5.41) is 14.3. The molecule has 0 aliphatic carbocycles. The summed E-state index contributed by atoms with van der Waals surface area (Å²) in [6, 6.07) is 4.44. The molecule has 0 saturated carbocycles. The first-order valence-corrected chi connectivity index (χ1v) is 14.0. The van der Waals surface area contributed by atoms with E-state index in [4.69, 9.17) is 19.2 Å². The topological polar surface area (TPSA) is 132 Å². The fourth-order valence-corrected chi connectivity index (χ4v) is 5.86. The molecule has 12 heteroatoms. The Bertz CT molecular complexity index is 1690. The van der Waals surface area contributed by atoms with Crippen LogP contribution >= 0.6 is 0 Å². The lowest BCUT2D eigenvalue weighted by atomic mass is 9.86. The number of pyridine rings is 2. The van der Waals surface area contributed by atoms with Gasteiger partial charge in [0.2, 0.25) is 0 Å². The number of hydrogen-bond acceptors (Lipinski definition) is 9. The molecule has 6 rings (SSSR count). The first kappa shape index (κ1) is 28.3. The number of benzene rings is 1. The Morgan fingerprint density at radius 1 is 1.19 bits per heavy atom. The van der Waals surface area contributed by atoms with Crippen LogP contribution in [-0.4, -0.2) is 63.5 Å². The van der Waals surface area contributed by atoms with Crippen molar-refractivity contribution in [1.29, 1.82) is 0 Å². The summed E-state index contributed by atoms with van der Waals surface area (Å²) in [7, 11) is 0.